The molecule has 0 bridgehead atoms. The largest absolute Gasteiger partial charge is 0.336 e. The summed E-state index contributed by atoms with van der Waals surface area (Å²) in [7, 11) is -3.71. The van der Waals surface area contributed by atoms with Crippen molar-refractivity contribution in [2.24, 2.45) is 0 Å². The van der Waals surface area contributed by atoms with Crippen LogP contribution in [0.5, 0.6) is 0 Å². The number of rotatable bonds is 10. The number of anilines is 1. The standard InChI is InChI=1S/C30H31N5O4S/c1-3-4-18-34-28-27(29(36)35(30(34)37)20-23-8-6-5-7-9-23)31-26(32-28)19-22-12-14-24(15-13-22)33-40(38,39)25-16-10-21(2)11-17-25/h5-17,33H,3-4,18-20H2,1-2H3,(H,31,32). The highest BCUT2D eigenvalue weighted by Gasteiger charge is 2.18. The van der Waals surface area contributed by atoms with Gasteiger partial charge in [0.15, 0.2) is 5.65 Å². The number of nitrogens with one attached hydrogen (secondary N) is 2. The SMILES string of the molecule is CCCCn1c(=O)n(Cc2ccccc2)c(=O)c2[nH]c(Cc3ccc(NS(=O)(=O)c4ccc(C)cc4)cc3)nc21. The molecule has 2 N–H and O–H groups in total. The molecule has 40 heavy (non-hydrogen) atoms. The molecule has 0 saturated heterocycles. The first-order valence-corrected chi connectivity index (χ1v) is 14.7. The monoisotopic (exact) mass is 557 g/mol. The molecule has 206 valence electrons. The molecule has 0 amide bonds. The lowest BCUT2D eigenvalue weighted by atomic mass is 10.1. The summed E-state index contributed by atoms with van der Waals surface area (Å²) in [6.07, 6.45) is 2.05. The second kappa shape index (κ2) is 11.4. The number of aromatic nitrogens is 4. The highest BCUT2D eigenvalue weighted by molar-refractivity contribution is 7.92. The fourth-order valence-electron chi connectivity index (χ4n) is 4.54. The van der Waals surface area contributed by atoms with Crippen LogP contribution in [0.25, 0.3) is 11.2 Å². The Hall–Kier alpha value is -4.44. The molecule has 5 aromatic rings. The van der Waals surface area contributed by atoms with Gasteiger partial charge < -0.3 is 4.98 Å². The highest BCUT2D eigenvalue weighted by atomic mass is 32.2. The average Bonchev–Trinajstić information content (AvgIpc) is 3.36. The number of nitrogens with zero attached hydrogens (tertiary/aromatic N) is 3. The molecule has 10 heteroatoms. The summed E-state index contributed by atoms with van der Waals surface area (Å²) in [6, 6.07) is 23.0. The second-order valence-corrected chi connectivity index (χ2v) is 11.5. The third kappa shape index (κ3) is 5.76. The Bertz CT molecular complexity index is 1850. The van der Waals surface area contributed by atoms with E-state index in [0.29, 0.717) is 35.6 Å². The van der Waals surface area contributed by atoms with Crippen LogP contribution in [0.3, 0.4) is 0 Å². The fourth-order valence-corrected chi connectivity index (χ4v) is 5.60. The van der Waals surface area contributed by atoms with Crippen molar-refractivity contribution in [1.82, 2.24) is 19.1 Å². The molecule has 0 spiro atoms. The van der Waals surface area contributed by atoms with Crippen LogP contribution in [0.2, 0.25) is 0 Å². The number of hydrogen-bond donors (Lipinski definition) is 2. The number of sulfonamides is 1. The van der Waals surface area contributed by atoms with E-state index in [0.717, 1.165) is 29.5 Å². The van der Waals surface area contributed by atoms with Gasteiger partial charge in [-0.2, -0.15) is 0 Å². The third-order valence-corrected chi connectivity index (χ3v) is 8.14. The van der Waals surface area contributed by atoms with Crippen molar-refractivity contribution in [2.45, 2.75) is 51.1 Å². The molecule has 2 heterocycles. The molecule has 0 aliphatic rings. The molecule has 0 fully saturated rings. The summed E-state index contributed by atoms with van der Waals surface area (Å²) in [5, 5.41) is 0. The zero-order valence-corrected chi connectivity index (χ0v) is 23.2. The number of imidazole rings is 1. The van der Waals surface area contributed by atoms with Gasteiger partial charge in [0.25, 0.3) is 15.6 Å². The Kier molecular flexibility index (Phi) is 7.70. The molecule has 3 aromatic carbocycles. The smallest absolute Gasteiger partial charge is 0.333 e. The molecule has 0 aliphatic carbocycles. The van der Waals surface area contributed by atoms with E-state index in [1.54, 1.807) is 53.1 Å². The normalized spacial score (nSPS) is 11.7. The highest BCUT2D eigenvalue weighted by Crippen LogP contribution is 2.19. The molecule has 0 atom stereocenters. The van der Waals surface area contributed by atoms with Gasteiger partial charge in [0.05, 0.1) is 11.4 Å². The molecule has 2 aromatic heterocycles. The molecule has 0 saturated carbocycles. The van der Waals surface area contributed by atoms with Crippen LogP contribution in [0.4, 0.5) is 5.69 Å². The van der Waals surface area contributed by atoms with Crippen molar-refractivity contribution in [3.8, 4) is 0 Å². The van der Waals surface area contributed by atoms with Gasteiger partial charge >= 0.3 is 5.69 Å². The summed E-state index contributed by atoms with van der Waals surface area (Å²) in [5.41, 5.74) is 3.01. The molecule has 5 rings (SSSR count). The minimum Gasteiger partial charge on any atom is -0.336 e. The van der Waals surface area contributed by atoms with Gasteiger partial charge in [0.2, 0.25) is 0 Å². The maximum Gasteiger partial charge on any atom is 0.333 e. The number of aromatic amines is 1. The Morgan fingerprint density at radius 1 is 0.875 bits per heavy atom. The minimum absolute atomic E-state index is 0.175. The second-order valence-electron chi connectivity index (χ2n) is 9.84. The molecule has 0 unspecified atom stereocenters. The number of hydrogen-bond acceptors (Lipinski definition) is 5. The van der Waals surface area contributed by atoms with Gasteiger partial charge in [-0.3, -0.25) is 18.7 Å². The van der Waals surface area contributed by atoms with Crippen LogP contribution in [-0.4, -0.2) is 27.5 Å². The number of unbranched alkanes of at least 4 members (excludes halogenated alkanes) is 1. The summed E-state index contributed by atoms with van der Waals surface area (Å²) in [4.78, 5) is 34.7. The summed E-state index contributed by atoms with van der Waals surface area (Å²) in [5.74, 6) is 0.544. The van der Waals surface area contributed by atoms with Crippen LogP contribution in [0.1, 0.15) is 42.3 Å². The summed E-state index contributed by atoms with van der Waals surface area (Å²) >= 11 is 0. The van der Waals surface area contributed by atoms with Gasteiger partial charge in [-0.25, -0.2) is 18.2 Å². The zero-order valence-electron chi connectivity index (χ0n) is 22.4. The Morgan fingerprint density at radius 2 is 1.57 bits per heavy atom. The molecular weight excluding hydrogens is 526 g/mol. The first kappa shape index (κ1) is 27.1. The van der Waals surface area contributed by atoms with Crippen molar-refractivity contribution < 1.29 is 8.42 Å². The maximum atomic E-state index is 13.4. The average molecular weight is 558 g/mol. The quantitative estimate of drug-likeness (QED) is 0.263. The molecule has 9 nitrogen and oxygen atoms in total. The van der Waals surface area contributed by atoms with Gasteiger partial charge in [-0.15, -0.1) is 0 Å². The lowest BCUT2D eigenvalue weighted by Crippen LogP contribution is -2.40. The van der Waals surface area contributed by atoms with Crippen LogP contribution in [-0.2, 0) is 29.5 Å². The van der Waals surface area contributed by atoms with Crippen molar-refractivity contribution >= 4 is 26.9 Å². The first-order chi connectivity index (χ1) is 19.2. The van der Waals surface area contributed by atoms with Gasteiger partial charge in [0, 0.05) is 18.7 Å². The predicted molar refractivity (Wildman–Crippen MR) is 156 cm³/mol. The molecular formula is C30H31N5O4S. The molecule has 0 aliphatic heterocycles. The predicted octanol–water partition coefficient (Wildman–Crippen LogP) is 4.43. The van der Waals surface area contributed by atoms with Crippen molar-refractivity contribution in [3.63, 3.8) is 0 Å². The number of benzene rings is 3. The summed E-state index contributed by atoms with van der Waals surface area (Å²) < 4.78 is 30.9. The van der Waals surface area contributed by atoms with E-state index in [4.69, 9.17) is 0 Å². The maximum absolute atomic E-state index is 13.4. The van der Waals surface area contributed by atoms with E-state index in [-0.39, 0.29) is 17.1 Å². The van der Waals surface area contributed by atoms with E-state index < -0.39 is 15.6 Å². The van der Waals surface area contributed by atoms with E-state index in [2.05, 4.69) is 14.7 Å². The fraction of sp³-hybridized carbons (Fsp3) is 0.233. The van der Waals surface area contributed by atoms with Crippen molar-refractivity contribution in [2.75, 3.05) is 4.72 Å². The van der Waals surface area contributed by atoms with Gasteiger partial charge in [0.1, 0.15) is 11.3 Å². The van der Waals surface area contributed by atoms with Crippen LogP contribution in [0.15, 0.2) is 93.3 Å². The molecule has 0 radical (unpaired) electrons. The van der Waals surface area contributed by atoms with Crippen LogP contribution >= 0.6 is 0 Å². The Balaban J connectivity index is 1.42. The van der Waals surface area contributed by atoms with Gasteiger partial charge in [-0.1, -0.05) is 73.5 Å². The lowest BCUT2D eigenvalue weighted by Gasteiger charge is -2.11. The zero-order chi connectivity index (χ0) is 28.3. The number of aryl methyl sites for hydroxylation is 2. The van der Waals surface area contributed by atoms with Gasteiger partial charge in [-0.05, 0) is 48.7 Å². The van der Waals surface area contributed by atoms with E-state index in [1.807, 2.05) is 44.2 Å². The van der Waals surface area contributed by atoms with E-state index >= 15 is 0 Å². The first-order valence-electron chi connectivity index (χ1n) is 13.2. The lowest BCUT2D eigenvalue weighted by molar-refractivity contribution is 0.569. The van der Waals surface area contributed by atoms with Crippen molar-refractivity contribution in [3.05, 3.63) is 122 Å². The Morgan fingerprint density at radius 3 is 2.25 bits per heavy atom. The topological polar surface area (TPSA) is 119 Å². The van der Waals surface area contributed by atoms with Crippen LogP contribution < -0.4 is 16.0 Å². The van der Waals surface area contributed by atoms with Crippen molar-refractivity contribution in [1.29, 1.82) is 0 Å². The van der Waals surface area contributed by atoms with Crippen LogP contribution in [0, 0.1) is 6.92 Å². The minimum atomic E-state index is -3.71. The summed E-state index contributed by atoms with van der Waals surface area (Å²) in [6.45, 7) is 4.58. The number of H-pyrrole nitrogens is 1. The van der Waals surface area contributed by atoms with E-state index in [9.17, 15) is 18.0 Å². The number of fused-ring (bicyclic) bond motifs is 1. The Labute approximate surface area is 232 Å². The van der Waals surface area contributed by atoms with E-state index in [1.165, 1.54) is 4.57 Å². The third-order valence-electron chi connectivity index (χ3n) is 6.74.